The summed E-state index contributed by atoms with van der Waals surface area (Å²) in [5, 5.41) is 21.5. The molecule has 11 heteroatoms. The molecule has 0 fully saturated rings. The first-order valence-corrected chi connectivity index (χ1v) is 13.7. The van der Waals surface area contributed by atoms with E-state index < -0.39 is 5.97 Å². The number of carbonyl (C=O) groups is 1. The van der Waals surface area contributed by atoms with Crippen LogP contribution in [-0.4, -0.2) is 37.2 Å². The Labute approximate surface area is 238 Å². The van der Waals surface area contributed by atoms with Crippen LogP contribution in [-0.2, 0) is 6.54 Å². The van der Waals surface area contributed by atoms with Gasteiger partial charge in [-0.3, -0.25) is 19.3 Å². The van der Waals surface area contributed by atoms with Gasteiger partial charge in [-0.1, -0.05) is 25.4 Å². The van der Waals surface area contributed by atoms with Crippen LogP contribution in [0, 0.1) is 25.2 Å². The molecule has 0 saturated carbocycles. The number of benzene rings is 1. The van der Waals surface area contributed by atoms with Gasteiger partial charge in [-0.15, -0.1) is 11.3 Å². The highest BCUT2D eigenvalue weighted by molar-refractivity contribution is 7.18. The molecule has 4 aromatic heterocycles. The maximum Gasteiger partial charge on any atom is 0.338 e. The van der Waals surface area contributed by atoms with Crippen LogP contribution >= 0.6 is 22.9 Å². The van der Waals surface area contributed by atoms with Crippen LogP contribution in [0.3, 0.4) is 0 Å². The van der Waals surface area contributed by atoms with Crippen LogP contribution in [0.5, 0.6) is 5.75 Å². The fourth-order valence-electron chi connectivity index (χ4n) is 4.69. The van der Waals surface area contributed by atoms with Crippen LogP contribution in [0.25, 0.3) is 32.2 Å². The summed E-state index contributed by atoms with van der Waals surface area (Å²) in [6.45, 7) is 7.78. The second-order valence-electron chi connectivity index (χ2n) is 9.60. The van der Waals surface area contributed by atoms with Crippen molar-refractivity contribution in [2.24, 2.45) is 0 Å². The largest absolute Gasteiger partial charge is 0.491 e. The van der Waals surface area contributed by atoms with Crippen molar-refractivity contribution in [1.82, 2.24) is 19.5 Å². The maximum absolute atomic E-state index is 13.5. The summed E-state index contributed by atoms with van der Waals surface area (Å²) in [6, 6.07) is 9.15. The van der Waals surface area contributed by atoms with E-state index in [4.69, 9.17) is 16.3 Å². The molecule has 202 valence electrons. The fraction of sp³-hybridized carbons (Fsp3) is 0.241. The first-order valence-electron chi connectivity index (χ1n) is 12.5. The highest BCUT2D eigenvalue weighted by Crippen LogP contribution is 2.40. The molecule has 0 bridgehead atoms. The zero-order chi connectivity index (χ0) is 28.7. The van der Waals surface area contributed by atoms with Crippen molar-refractivity contribution in [2.45, 2.75) is 40.2 Å². The van der Waals surface area contributed by atoms with Gasteiger partial charge in [-0.05, 0) is 44.0 Å². The van der Waals surface area contributed by atoms with Gasteiger partial charge in [-0.2, -0.15) is 5.26 Å². The lowest BCUT2D eigenvalue weighted by Crippen LogP contribution is -2.27. The second-order valence-corrected chi connectivity index (χ2v) is 10.9. The molecule has 1 aromatic carbocycles. The molecule has 5 rings (SSSR count). The quantitative estimate of drug-likeness (QED) is 0.247. The third-order valence-corrected chi connectivity index (χ3v) is 7.80. The highest BCUT2D eigenvalue weighted by Gasteiger charge is 2.20. The minimum Gasteiger partial charge on any atom is -0.491 e. The standard InChI is InChI=1S/C29H24ClN5O4S/c1-14(2)24-26-23(17(11-31)12-32-24)28(36)35(16(4)34-26)7-8-39-22-6-5-18(30)10-19(22)20-9-15(3)33-25-21(29(37)38)13-40-27(20)25/h5-6,9-10,12-14H,7-8H2,1-4H3,(H,37,38). The minimum absolute atomic E-state index is 0.0299. The van der Waals surface area contributed by atoms with Gasteiger partial charge in [0.1, 0.15) is 29.8 Å². The number of rotatable bonds is 7. The summed E-state index contributed by atoms with van der Waals surface area (Å²) < 4.78 is 8.38. The zero-order valence-electron chi connectivity index (χ0n) is 22.1. The van der Waals surface area contributed by atoms with Crippen LogP contribution in [0.4, 0.5) is 0 Å². The summed E-state index contributed by atoms with van der Waals surface area (Å²) in [6.07, 6.45) is 1.43. The molecule has 4 heterocycles. The Morgan fingerprint density at radius 1 is 1.20 bits per heavy atom. The van der Waals surface area contributed by atoms with E-state index in [2.05, 4.69) is 21.0 Å². The third-order valence-electron chi connectivity index (χ3n) is 6.56. The smallest absolute Gasteiger partial charge is 0.338 e. The van der Waals surface area contributed by atoms with E-state index in [1.807, 2.05) is 19.9 Å². The Morgan fingerprint density at radius 3 is 2.67 bits per heavy atom. The topological polar surface area (TPSA) is 131 Å². The van der Waals surface area contributed by atoms with Gasteiger partial charge in [0.15, 0.2) is 0 Å². The average molecular weight is 574 g/mol. The molecule has 40 heavy (non-hydrogen) atoms. The lowest BCUT2D eigenvalue weighted by atomic mass is 10.0. The van der Waals surface area contributed by atoms with E-state index in [9.17, 15) is 20.0 Å². The highest BCUT2D eigenvalue weighted by atomic mass is 35.5. The van der Waals surface area contributed by atoms with Crippen LogP contribution in [0.15, 0.2) is 40.6 Å². The number of pyridine rings is 2. The van der Waals surface area contributed by atoms with Crippen molar-refractivity contribution in [3.05, 3.63) is 79.6 Å². The maximum atomic E-state index is 13.5. The molecule has 0 aliphatic rings. The molecule has 0 unspecified atom stereocenters. The summed E-state index contributed by atoms with van der Waals surface area (Å²) >= 11 is 7.65. The molecule has 5 aromatic rings. The van der Waals surface area contributed by atoms with Gasteiger partial charge in [0.25, 0.3) is 5.56 Å². The lowest BCUT2D eigenvalue weighted by Gasteiger charge is -2.16. The minimum atomic E-state index is -1.04. The van der Waals surface area contributed by atoms with Crippen molar-refractivity contribution in [3.63, 3.8) is 0 Å². The van der Waals surface area contributed by atoms with Gasteiger partial charge in [0, 0.05) is 33.4 Å². The molecular weight excluding hydrogens is 550 g/mol. The zero-order valence-corrected chi connectivity index (χ0v) is 23.7. The Morgan fingerprint density at radius 2 is 1.98 bits per heavy atom. The molecule has 0 amide bonds. The summed E-state index contributed by atoms with van der Waals surface area (Å²) in [7, 11) is 0. The van der Waals surface area contributed by atoms with Gasteiger partial charge >= 0.3 is 5.97 Å². The van der Waals surface area contributed by atoms with Gasteiger partial charge in [-0.25, -0.2) is 9.78 Å². The molecule has 0 atom stereocenters. The molecule has 0 radical (unpaired) electrons. The van der Waals surface area contributed by atoms with Crippen LogP contribution in [0.2, 0.25) is 5.02 Å². The Balaban J connectivity index is 1.52. The van der Waals surface area contributed by atoms with Gasteiger partial charge in [0.05, 0.1) is 39.0 Å². The van der Waals surface area contributed by atoms with Crippen molar-refractivity contribution in [3.8, 4) is 22.9 Å². The summed E-state index contributed by atoms with van der Waals surface area (Å²) in [5.74, 6) is -0.00621. The first kappa shape index (κ1) is 27.2. The van der Waals surface area contributed by atoms with Crippen molar-refractivity contribution in [2.75, 3.05) is 6.61 Å². The SMILES string of the molecule is Cc1cc(-c2cc(Cl)ccc2OCCn2c(C)nc3c(C(C)C)ncc(C#N)c3c2=O)c2scc(C(=O)O)c2n1. The summed E-state index contributed by atoms with van der Waals surface area (Å²) in [5.41, 5.74) is 3.61. The van der Waals surface area contributed by atoms with Crippen molar-refractivity contribution < 1.29 is 14.6 Å². The number of ether oxygens (including phenoxy) is 1. The van der Waals surface area contributed by atoms with E-state index in [1.165, 1.54) is 22.1 Å². The molecule has 0 saturated heterocycles. The predicted octanol–water partition coefficient (Wildman–Crippen LogP) is 6.11. The fourth-order valence-corrected chi connectivity index (χ4v) is 5.88. The number of carboxylic acids is 1. The first-order chi connectivity index (χ1) is 19.1. The molecular formula is C29H24ClN5O4S. The normalized spacial score (nSPS) is 11.3. The van der Waals surface area contributed by atoms with E-state index in [-0.39, 0.29) is 41.1 Å². The van der Waals surface area contributed by atoms with E-state index in [0.717, 1.165) is 5.56 Å². The summed E-state index contributed by atoms with van der Waals surface area (Å²) in [4.78, 5) is 38.7. The molecule has 9 nitrogen and oxygen atoms in total. The van der Waals surface area contributed by atoms with Gasteiger partial charge < -0.3 is 9.84 Å². The molecule has 0 spiro atoms. The number of halogens is 1. The lowest BCUT2D eigenvalue weighted by molar-refractivity contribution is 0.0699. The number of aromatic carboxylic acids is 1. The number of hydrogen-bond donors (Lipinski definition) is 1. The number of nitrogens with zero attached hydrogens (tertiary/aromatic N) is 5. The number of carboxylic acid groups (broad SMARTS) is 1. The molecule has 1 N–H and O–H groups in total. The van der Waals surface area contributed by atoms with Crippen LogP contribution in [0.1, 0.15) is 52.9 Å². The predicted molar refractivity (Wildman–Crippen MR) is 155 cm³/mol. The second kappa shape index (κ2) is 10.7. The average Bonchev–Trinajstić information content (AvgIpc) is 3.34. The Kier molecular flexibility index (Phi) is 7.27. The monoisotopic (exact) mass is 573 g/mol. The van der Waals surface area contributed by atoms with E-state index in [1.54, 1.807) is 37.4 Å². The number of hydrogen-bond acceptors (Lipinski definition) is 8. The number of nitriles is 1. The Bertz CT molecular complexity index is 1920. The van der Waals surface area contributed by atoms with E-state index in [0.29, 0.717) is 49.3 Å². The number of aryl methyl sites for hydroxylation is 2. The third kappa shape index (κ3) is 4.78. The molecule has 0 aliphatic heterocycles. The number of aromatic nitrogens is 4. The molecule has 0 aliphatic carbocycles. The van der Waals surface area contributed by atoms with E-state index >= 15 is 0 Å². The number of fused-ring (bicyclic) bond motifs is 2. The van der Waals surface area contributed by atoms with Crippen molar-refractivity contribution in [1.29, 1.82) is 5.26 Å². The van der Waals surface area contributed by atoms with Crippen LogP contribution < -0.4 is 10.3 Å². The number of thiophene rings is 1. The van der Waals surface area contributed by atoms with Crippen molar-refractivity contribution >= 4 is 50.0 Å². The Hall–Kier alpha value is -4.33. The van der Waals surface area contributed by atoms with Gasteiger partial charge in [0.2, 0.25) is 0 Å².